The average Bonchev–Trinajstić information content (AvgIpc) is 2.28. The van der Waals surface area contributed by atoms with Gasteiger partial charge in [0.2, 0.25) is 0 Å². The summed E-state index contributed by atoms with van der Waals surface area (Å²) in [6.07, 6.45) is 0.621. The van der Waals surface area contributed by atoms with Crippen LogP contribution >= 0.6 is 0 Å². The number of carbonyl (C=O) groups excluding carboxylic acids is 1. The van der Waals surface area contributed by atoms with Gasteiger partial charge in [-0.2, -0.15) is 0 Å². The minimum Gasteiger partial charge on any atom is -0.464 e. The van der Waals surface area contributed by atoms with E-state index in [2.05, 4.69) is 5.32 Å². The van der Waals surface area contributed by atoms with Crippen molar-refractivity contribution in [2.45, 2.75) is 26.3 Å². The second-order valence-electron chi connectivity index (χ2n) is 3.36. The van der Waals surface area contributed by atoms with Crippen LogP contribution in [0.4, 0.5) is 10.1 Å². The predicted octanol–water partition coefficient (Wildman–Crippen LogP) is 2.58. The van der Waals surface area contributed by atoms with Crippen LogP contribution in [0.5, 0.6) is 0 Å². The van der Waals surface area contributed by atoms with Crippen LogP contribution in [0.3, 0.4) is 0 Å². The van der Waals surface area contributed by atoms with E-state index in [1.54, 1.807) is 19.1 Å². The molecule has 0 aromatic heterocycles. The minimum atomic E-state index is -0.384. The summed E-state index contributed by atoms with van der Waals surface area (Å²) in [4.78, 5) is 11.5. The lowest BCUT2D eigenvalue weighted by Crippen LogP contribution is -2.30. The van der Waals surface area contributed by atoms with Crippen LogP contribution in [-0.4, -0.2) is 18.6 Å². The van der Waals surface area contributed by atoms with Crippen LogP contribution in [0.2, 0.25) is 0 Å². The molecule has 3 nitrogen and oxygen atoms in total. The van der Waals surface area contributed by atoms with Crippen LogP contribution < -0.4 is 5.32 Å². The molecule has 4 heteroatoms. The SMILES string of the molecule is CCOC(=O)C(CC)Nc1ccc(F)cc1. The molecule has 1 aromatic carbocycles. The molecule has 1 unspecified atom stereocenters. The number of benzene rings is 1. The Bertz CT molecular complexity index is 337. The molecular formula is C12H16FNO2. The summed E-state index contributed by atoms with van der Waals surface area (Å²) >= 11 is 0. The number of hydrogen-bond donors (Lipinski definition) is 1. The molecule has 1 aromatic rings. The van der Waals surface area contributed by atoms with Gasteiger partial charge in [-0.3, -0.25) is 0 Å². The lowest BCUT2D eigenvalue weighted by Gasteiger charge is -2.16. The number of anilines is 1. The van der Waals surface area contributed by atoms with Crippen LogP contribution in [0.15, 0.2) is 24.3 Å². The molecule has 0 heterocycles. The molecule has 1 rings (SSSR count). The zero-order valence-electron chi connectivity index (χ0n) is 9.50. The second-order valence-corrected chi connectivity index (χ2v) is 3.36. The maximum Gasteiger partial charge on any atom is 0.328 e. The highest BCUT2D eigenvalue weighted by Crippen LogP contribution is 2.11. The first-order valence-electron chi connectivity index (χ1n) is 5.36. The monoisotopic (exact) mass is 225 g/mol. The normalized spacial score (nSPS) is 11.9. The van der Waals surface area contributed by atoms with Crippen molar-refractivity contribution in [1.82, 2.24) is 0 Å². The van der Waals surface area contributed by atoms with Crippen LogP contribution in [0.25, 0.3) is 0 Å². The molecule has 0 aliphatic carbocycles. The van der Waals surface area contributed by atoms with Gasteiger partial charge in [0.05, 0.1) is 6.61 Å². The van der Waals surface area contributed by atoms with Crippen molar-refractivity contribution < 1.29 is 13.9 Å². The third-order valence-electron chi connectivity index (χ3n) is 2.16. The van der Waals surface area contributed by atoms with Crippen molar-refractivity contribution >= 4 is 11.7 Å². The van der Waals surface area contributed by atoms with Gasteiger partial charge in [0.1, 0.15) is 11.9 Å². The summed E-state index contributed by atoms with van der Waals surface area (Å²) in [6, 6.07) is 5.50. The topological polar surface area (TPSA) is 38.3 Å². The van der Waals surface area contributed by atoms with Gasteiger partial charge in [-0.15, -0.1) is 0 Å². The Morgan fingerprint density at radius 1 is 1.38 bits per heavy atom. The van der Waals surface area contributed by atoms with Gasteiger partial charge in [-0.25, -0.2) is 9.18 Å². The van der Waals surface area contributed by atoms with E-state index in [9.17, 15) is 9.18 Å². The van der Waals surface area contributed by atoms with Crippen LogP contribution in [0.1, 0.15) is 20.3 Å². The standard InChI is InChI=1S/C12H16FNO2/c1-3-11(12(15)16-4-2)14-10-7-5-9(13)6-8-10/h5-8,11,14H,3-4H2,1-2H3. The minimum absolute atomic E-state index is 0.283. The van der Waals surface area contributed by atoms with E-state index in [4.69, 9.17) is 4.74 Å². The number of rotatable bonds is 5. The Balaban J connectivity index is 2.62. The Morgan fingerprint density at radius 3 is 2.50 bits per heavy atom. The fourth-order valence-corrected chi connectivity index (χ4v) is 1.32. The molecule has 0 saturated carbocycles. The van der Waals surface area contributed by atoms with Gasteiger partial charge in [-0.1, -0.05) is 6.92 Å². The number of hydrogen-bond acceptors (Lipinski definition) is 3. The highest BCUT2D eigenvalue weighted by atomic mass is 19.1. The molecule has 0 radical (unpaired) electrons. The molecule has 0 saturated heterocycles. The quantitative estimate of drug-likeness (QED) is 0.783. The van der Waals surface area contributed by atoms with Gasteiger partial charge < -0.3 is 10.1 Å². The molecule has 0 amide bonds. The van der Waals surface area contributed by atoms with E-state index in [0.717, 1.165) is 0 Å². The summed E-state index contributed by atoms with van der Waals surface area (Å²) < 4.78 is 17.6. The van der Waals surface area contributed by atoms with Crippen molar-refractivity contribution in [3.63, 3.8) is 0 Å². The van der Waals surface area contributed by atoms with Gasteiger partial charge in [0, 0.05) is 5.69 Å². The molecule has 0 bridgehead atoms. The zero-order valence-corrected chi connectivity index (χ0v) is 9.50. The molecule has 0 aliphatic rings. The Labute approximate surface area is 94.6 Å². The Kier molecular flexibility index (Phi) is 4.76. The zero-order chi connectivity index (χ0) is 12.0. The summed E-state index contributed by atoms with van der Waals surface area (Å²) in [5.74, 6) is -0.580. The fraction of sp³-hybridized carbons (Fsp3) is 0.417. The molecule has 0 aliphatic heterocycles. The number of esters is 1. The average molecular weight is 225 g/mol. The molecule has 16 heavy (non-hydrogen) atoms. The van der Waals surface area contributed by atoms with Crippen molar-refractivity contribution in [1.29, 1.82) is 0 Å². The Morgan fingerprint density at radius 2 is 2.00 bits per heavy atom. The summed E-state index contributed by atoms with van der Waals surface area (Å²) in [5, 5.41) is 3.00. The van der Waals surface area contributed by atoms with Crippen molar-refractivity contribution in [2.75, 3.05) is 11.9 Å². The third-order valence-corrected chi connectivity index (χ3v) is 2.16. The molecule has 1 N–H and O–H groups in total. The van der Waals surface area contributed by atoms with E-state index < -0.39 is 0 Å². The number of ether oxygens (including phenoxy) is 1. The van der Waals surface area contributed by atoms with Gasteiger partial charge >= 0.3 is 5.97 Å². The summed E-state index contributed by atoms with van der Waals surface area (Å²) in [7, 11) is 0. The van der Waals surface area contributed by atoms with Crippen molar-refractivity contribution in [3.05, 3.63) is 30.1 Å². The van der Waals surface area contributed by atoms with Gasteiger partial charge in [0.25, 0.3) is 0 Å². The second kappa shape index (κ2) is 6.10. The number of halogens is 1. The molecule has 88 valence electrons. The van der Waals surface area contributed by atoms with Crippen LogP contribution in [0, 0.1) is 5.82 Å². The third kappa shape index (κ3) is 3.53. The molecular weight excluding hydrogens is 209 g/mol. The molecule has 0 fully saturated rings. The van der Waals surface area contributed by atoms with Crippen molar-refractivity contribution in [2.24, 2.45) is 0 Å². The molecule has 0 spiro atoms. The lowest BCUT2D eigenvalue weighted by atomic mass is 10.2. The van der Waals surface area contributed by atoms with Crippen LogP contribution in [-0.2, 0) is 9.53 Å². The highest BCUT2D eigenvalue weighted by molar-refractivity contribution is 5.79. The molecule has 1 atom stereocenters. The number of nitrogens with one attached hydrogen (secondary N) is 1. The first-order valence-corrected chi connectivity index (χ1v) is 5.36. The summed E-state index contributed by atoms with van der Waals surface area (Å²) in [5.41, 5.74) is 0.710. The Hall–Kier alpha value is -1.58. The maximum atomic E-state index is 12.7. The number of carbonyl (C=O) groups is 1. The van der Waals surface area contributed by atoms with Gasteiger partial charge in [0.15, 0.2) is 0 Å². The van der Waals surface area contributed by atoms with E-state index in [1.165, 1.54) is 12.1 Å². The van der Waals surface area contributed by atoms with E-state index >= 15 is 0 Å². The highest BCUT2D eigenvalue weighted by Gasteiger charge is 2.16. The first-order chi connectivity index (χ1) is 7.67. The summed E-state index contributed by atoms with van der Waals surface area (Å²) in [6.45, 7) is 4.01. The van der Waals surface area contributed by atoms with Gasteiger partial charge in [-0.05, 0) is 37.6 Å². The smallest absolute Gasteiger partial charge is 0.328 e. The van der Waals surface area contributed by atoms with Crippen molar-refractivity contribution in [3.8, 4) is 0 Å². The fourth-order valence-electron chi connectivity index (χ4n) is 1.32. The maximum absolute atomic E-state index is 12.7. The van der Waals surface area contributed by atoms with E-state index in [0.29, 0.717) is 18.7 Å². The van der Waals surface area contributed by atoms with E-state index in [1.807, 2.05) is 6.92 Å². The van der Waals surface area contributed by atoms with E-state index in [-0.39, 0.29) is 17.8 Å². The largest absolute Gasteiger partial charge is 0.464 e. The predicted molar refractivity (Wildman–Crippen MR) is 60.7 cm³/mol. The lowest BCUT2D eigenvalue weighted by molar-refractivity contribution is -0.144. The first kappa shape index (κ1) is 12.5.